The molecule has 0 bridgehead atoms. The highest BCUT2D eigenvalue weighted by Gasteiger charge is 1.99. The molecular formula is C10H13N5O. The topological polar surface area (TPSA) is 86.7 Å². The molecule has 0 saturated carbocycles. The third kappa shape index (κ3) is 2.34. The van der Waals surface area contributed by atoms with Crippen LogP contribution in [0.15, 0.2) is 24.2 Å². The molecule has 0 unspecified atom stereocenters. The molecule has 0 amide bonds. The van der Waals surface area contributed by atoms with Crippen LogP contribution >= 0.6 is 0 Å². The van der Waals surface area contributed by atoms with Crippen molar-refractivity contribution in [2.45, 2.75) is 6.92 Å². The fraction of sp³-hybridized carbons (Fsp3) is 0.300. The molecule has 84 valence electrons. The SMILES string of the molecule is C/C(=C\CNc1ncc2nc[nH]c2n1)CO. The summed E-state index contributed by atoms with van der Waals surface area (Å²) in [4.78, 5) is 15.3. The summed E-state index contributed by atoms with van der Waals surface area (Å²) in [6.45, 7) is 2.52. The normalized spacial score (nSPS) is 12.0. The highest BCUT2D eigenvalue weighted by molar-refractivity contribution is 5.69. The lowest BCUT2D eigenvalue weighted by Gasteiger charge is -2.01. The standard InChI is InChI=1S/C10H13N5O/c1-7(5-16)2-3-11-10-12-4-8-9(15-10)14-6-13-8/h2,4,6,16H,3,5H2,1H3,(H2,11,12,13,14,15)/b7-2+. The number of anilines is 1. The Hall–Kier alpha value is -1.95. The van der Waals surface area contributed by atoms with E-state index in [0.29, 0.717) is 18.1 Å². The molecule has 0 aliphatic rings. The smallest absolute Gasteiger partial charge is 0.225 e. The first-order valence-corrected chi connectivity index (χ1v) is 4.96. The van der Waals surface area contributed by atoms with Crippen LogP contribution in [-0.4, -0.2) is 38.2 Å². The summed E-state index contributed by atoms with van der Waals surface area (Å²) in [7, 11) is 0. The van der Waals surface area contributed by atoms with Crippen LogP contribution in [0.5, 0.6) is 0 Å². The van der Waals surface area contributed by atoms with E-state index in [1.165, 1.54) is 0 Å². The minimum atomic E-state index is 0.0715. The number of aromatic nitrogens is 4. The molecule has 0 atom stereocenters. The largest absolute Gasteiger partial charge is 0.392 e. The van der Waals surface area contributed by atoms with Crippen molar-refractivity contribution in [3.8, 4) is 0 Å². The molecule has 0 fully saturated rings. The Kier molecular flexibility index (Phi) is 3.11. The van der Waals surface area contributed by atoms with Gasteiger partial charge in [0.1, 0.15) is 5.52 Å². The van der Waals surface area contributed by atoms with Crippen LogP contribution in [0.25, 0.3) is 11.2 Å². The van der Waals surface area contributed by atoms with Gasteiger partial charge in [0, 0.05) is 6.54 Å². The second kappa shape index (κ2) is 4.71. The van der Waals surface area contributed by atoms with Crippen molar-refractivity contribution < 1.29 is 5.11 Å². The number of hydrogen-bond donors (Lipinski definition) is 3. The zero-order valence-corrected chi connectivity index (χ0v) is 8.94. The van der Waals surface area contributed by atoms with E-state index in [2.05, 4.69) is 25.3 Å². The maximum absolute atomic E-state index is 8.80. The van der Waals surface area contributed by atoms with Gasteiger partial charge in [-0.3, -0.25) is 0 Å². The Morgan fingerprint density at radius 1 is 1.56 bits per heavy atom. The average Bonchev–Trinajstić information content (AvgIpc) is 2.76. The number of aliphatic hydroxyl groups excluding tert-OH is 1. The third-order valence-corrected chi connectivity index (χ3v) is 2.13. The average molecular weight is 219 g/mol. The number of rotatable bonds is 4. The van der Waals surface area contributed by atoms with Gasteiger partial charge in [0.05, 0.1) is 19.1 Å². The van der Waals surface area contributed by atoms with Gasteiger partial charge in [-0.05, 0) is 6.92 Å². The molecule has 3 N–H and O–H groups in total. The van der Waals surface area contributed by atoms with E-state index < -0.39 is 0 Å². The first kappa shape index (κ1) is 10.6. The Morgan fingerprint density at radius 3 is 3.25 bits per heavy atom. The van der Waals surface area contributed by atoms with E-state index in [1.807, 2.05) is 13.0 Å². The van der Waals surface area contributed by atoms with Crippen LogP contribution in [0.1, 0.15) is 6.92 Å². The van der Waals surface area contributed by atoms with Gasteiger partial charge < -0.3 is 15.4 Å². The van der Waals surface area contributed by atoms with Gasteiger partial charge in [-0.1, -0.05) is 11.6 Å². The second-order valence-corrected chi connectivity index (χ2v) is 3.42. The maximum Gasteiger partial charge on any atom is 0.225 e. The zero-order valence-electron chi connectivity index (χ0n) is 8.94. The van der Waals surface area contributed by atoms with Gasteiger partial charge >= 0.3 is 0 Å². The van der Waals surface area contributed by atoms with E-state index in [-0.39, 0.29) is 6.61 Å². The summed E-state index contributed by atoms with van der Waals surface area (Å²) in [6, 6.07) is 0. The molecule has 2 rings (SSSR count). The molecule has 2 aromatic rings. The van der Waals surface area contributed by atoms with Gasteiger partial charge in [0.2, 0.25) is 5.95 Å². The van der Waals surface area contributed by atoms with Crippen molar-refractivity contribution >= 4 is 17.1 Å². The molecule has 0 radical (unpaired) electrons. The van der Waals surface area contributed by atoms with Crippen LogP contribution < -0.4 is 5.32 Å². The monoisotopic (exact) mass is 219 g/mol. The molecular weight excluding hydrogens is 206 g/mol. The molecule has 6 nitrogen and oxygen atoms in total. The first-order chi connectivity index (χ1) is 7.79. The van der Waals surface area contributed by atoms with Crippen LogP contribution in [0.3, 0.4) is 0 Å². The quantitative estimate of drug-likeness (QED) is 0.659. The molecule has 0 aliphatic carbocycles. The summed E-state index contributed by atoms with van der Waals surface area (Å²) in [6.07, 6.45) is 5.13. The summed E-state index contributed by atoms with van der Waals surface area (Å²) in [5.74, 6) is 0.540. The first-order valence-electron chi connectivity index (χ1n) is 4.96. The van der Waals surface area contributed by atoms with Crippen LogP contribution in [0, 0.1) is 0 Å². The Balaban J connectivity index is 2.04. The van der Waals surface area contributed by atoms with E-state index in [0.717, 1.165) is 11.1 Å². The van der Waals surface area contributed by atoms with Gasteiger partial charge in [0.25, 0.3) is 0 Å². The molecule has 0 aliphatic heterocycles. The van der Waals surface area contributed by atoms with Crippen molar-refractivity contribution in [3.05, 3.63) is 24.2 Å². The van der Waals surface area contributed by atoms with Crippen LogP contribution in [-0.2, 0) is 0 Å². The number of aromatic amines is 1. The van der Waals surface area contributed by atoms with E-state index >= 15 is 0 Å². The molecule has 2 heterocycles. The van der Waals surface area contributed by atoms with Gasteiger partial charge in [0.15, 0.2) is 5.65 Å². The molecule has 2 aromatic heterocycles. The van der Waals surface area contributed by atoms with Crippen LogP contribution in [0.2, 0.25) is 0 Å². The van der Waals surface area contributed by atoms with Crippen LogP contribution in [0.4, 0.5) is 5.95 Å². The Labute approximate surface area is 92.5 Å². The minimum Gasteiger partial charge on any atom is -0.392 e. The molecule has 0 aromatic carbocycles. The fourth-order valence-corrected chi connectivity index (χ4v) is 1.21. The Morgan fingerprint density at radius 2 is 2.44 bits per heavy atom. The third-order valence-electron chi connectivity index (χ3n) is 2.13. The van der Waals surface area contributed by atoms with Crippen molar-refractivity contribution in [3.63, 3.8) is 0 Å². The van der Waals surface area contributed by atoms with Gasteiger partial charge in [-0.15, -0.1) is 0 Å². The van der Waals surface area contributed by atoms with Crippen molar-refractivity contribution in [2.75, 3.05) is 18.5 Å². The predicted molar refractivity (Wildman–Crippen MR) is 61.0 cm³/mol. The number of H-pyrrole nitrogens is 1. The van der Waals surface area contributed by atoms with Crippen molar-refractivity contribution in [2.24, 2.45) is 0 Å². The Bertz CT molecular complexity index is 505. The highest BCUT2D eigenvalue weighted by Crippen LogP contribution is 2.06. The number of hydrogen-bond acceptors (Lipinski definition) is 5. The van der Waals surface area contributed by atoms with E-state index in [1.54, 1.807) is 12.5 Å². The van der Waals surface area contributed by atoms with E-state index in [4.69, 9.17) is 5.11 Å². The predicted octanol–water partition coefficient (Wildman–Crippen LogP) is 0.703. The lowest BCUT2D eigenvalue weighted by Crippen LogP contribution is -2.04. The number of nitrogens with zero attached hydrogens (tertiary/aromatic N) is 3. The van der Waals surface area contributed by atoms with E-state index in [9.17, 15) is 0 Å². The summed E-state index contributed by atoms with van der Waals surface area (Å²) >= 11 is 0. The molecule has 0 saturated heterocycles. The van der Waals surface area contributed by atoms with Gasteiger partial charge in [-0.2, -0.15) is 4.98 Å². The molecule has 0 spiro atoms. The summed E-state index contributed by atoms with van der Waals surface area (Å²) < 4.78 is 0. The lowest BCUT2D eigenvalue weighted by molar-refractivity contribution is 0.331. The number of aliphatic hydroxyl groups is 1. The summed E-state index contributed by atoms with van der Waals surface area (Å²) in [5, 5.41) is 11.8. The molecule has 16 heavy (non-hydrogen) atoms. The fourth-order valence-electron chi connectivity index (χ4n) is 1.21. The number of fused-ring (bicyclic) bond motifs is 1. The molecule has 6 heteroatoms. The zero-order chi connectivity index (χ0) is 11.4. The van der Waals surface area contributed by atoms with Crippen molar-refractivity contribution in [1.29, 1.82) is 0 Å². The second-order valence-electron chi connectivity index (χ2n) is 3.42. The highest BCUT2D eigenvalue weighted by atomic mass is 16.3. The van der Waals surface area contributed by atoms with Crippen molar-refractivity contribution in [1.82, 2.24) is 19.9 Å². The number of imidazole rings is 1. The minimum absolute atomic E-state index is 0.0715. The lowest BCUT2D eigenvalue weighted by atomic mass is 10.3. The number of nitrogens with one attached hydrogen (secondary N) is 2. The maximum atomic E-state index is 8.80. The van der Waals surface area contributed by atoms with Gasteiger partial charge in [-0.25, -0.2) is 9.97 Å². The summed E-state index contributed by atoms with van der Waals surface area (Å²) in [5.41, 5.74) is 2.36.